The highest BCUT2D eigenvalue weighted by molar-refractivity contribution is 7.93. The third kappa shape index (κ3) is 4.65. The molecule has 2 amide bonds. The number of carbonyl (C=O) groups is 2. The van der Waals surface area contributed by atoms with Gasteiger partial charge in [-0.05, 0) is 31.0 Å². The van der Waals surface area contributed by atoms with Crippen molar-refractivity contribution in [1.82, 2.24) is 0 Å². The monoisotopic (exact) mass is 482 g/mol. The van der Waals surface area contributed by atoms with E-state index in [1.165, 1.54) is 0 Å². The van der Waals surface area contributed by atoms with Crippen molar-refractivity contribution in [2.45, 2.75) is 28.3 Å². The summed E-state index contributed by atoms with van der Waals surface area (Å²) in [7, 11) is -4.63. The number of anilines is 1. The number of aliphatic hydroxyl groups is 1. The summed E-state index contributed by atoms with van der Waals surface area (Å²) < 4.78 is 79.6. The fourth-order valence-electron chi connectivity index (χ4n) is 2.63. The second-order valence-corrected chi connectivity index (χ2v) is 9.91. The third-order valence-electron chi connectivity index (χ3n) is 4.53. The first-order valence-electron chi connectivity index (χ1n) is 8.45. The summed E-state index contributed by atoms with van der Waals surface area (Å²) in [6.07, 6.45) is -4.30. The minimum atomic E-state index is -5.10. The van der Waals surface area contributed by atoms with Crippen LogP contribution in [0.4, 0.5) is 22.6 Å². The Bertz CT molecular complexity index is 1160. The number of hydrogen-bond acceptors (Lipinski definition) is 7. The lowest BCUT2D eigenvalue weighted by Gasteiger charge is -2.11. The molecule has 0 aliphatic heterocycles. The van der Waals surface area contributed by atoms with Crippen LogP contribution in [0, 0.1) is 11.2 Å². The van der Waals surface area contributed by atoms with Crippen LogP contribution in [0.15, 0.2) is 33.4 Å². The minimum Gasteiger partial charge on any atom is -0.406 e. The molecule has 0 unspecified atom stereocenters. The Hall–Kier alpha value is -2.71. The molecular weight excluding hydrogens is 468 g/mol. The van der Waals surface area contributed by atoms with Crippen molar-refractivity contribution in [2.75, 3.05) is 11.9 Å². The lowest BCUT2D eigenvalue weighted by Crippen LogP contribution is -2.27. The zero-order valence-electron chi connectivity index (χ0n) is 15.3. The molecule has 1 aromatic heterocycles. The fourth-order valence-corrected chi connectivity index (χ4v) is 5.43. The molecular formula is C17H14F4N2O6S2. The topological polar surface area (TPSA) is 136 Å². The van der Waals surface area contributed by atoms with Gasteiger partial charge in [-0.15, -0.1) is 24.5 Å². The van der Waals surface area contributed by atoms with Gasteiger partial charge in [0, 0.05) is 6.07 Å². The van der Waals surface area contributed by atoms with E-state index in [0.29, 0.717) is 36.3 Å². The molecule has 1 aliphatic carbocycles. The molecule has 1 saturated carbocycles. The van der Waals surface area contributed by atoms with Crippen molar-refractivity contribution < 1.29 is 45.4 Å². The number of alkyl halides is 3. The average Bonchev–Trinajstić information content (AvgIpc) is 3.33. The van der Waals surface area contributed by atoms with Gasteiger partial charge in [-0.3, -0.25) is 9.59 Å². The Morgan fingerprint density at radius 3 is 2.39 bits per heavy atom. The molecule has 0 radical (unpaired) electrons. The fraction of sp³-hybridized carbons (Fsp3) is 0.294. The molecule has 0 spiro atoms. The van der Waals surface area contributed by atoms with Gasteiger partial charge in [0.15, 0.2) is 0 Å². The van der Waals surface area contributed by atoms with Gasteiger partial charge >= 0.3 is 6.36 Å². The SMILES string of the molecule is NC(=O)c1cc(S(=O)(=O)c2ccc(OC(F)(F)F)cc2F)sc1NC(=O)C1(CO)CC1. The molecule has 14 heteroatoms. The molecule has 4 N–H and O–H groups in total. The second kappa shape index (κ2) is 7.76. The molecule has 1 aromatic carbocycles. The Labute approximate surface area is 176 Å². The first-order valence-corrected chi connectivity index (χ1v) is 10.8. The highest BCUT2D eigenvalue weighted by Crippen LogP contribution is 2.47. The molecule has 168 valence electrons. The molecule has 1 fully saturated rings. The number of primary amides is 1. The van der Waals surface area contributed by atoms with E-state index in [2.05, 4.69) is 10.1 Å². The average molecular weight is 482 g/mol. The van der Waals surface area contributed by atoms with Gasteiger partial charge in [-0.2, -0.15) is 0 Å². The van der Waals surface area contributed by atoms with E-state index >= 15 is 0 Å². The predicted molar refractivity (Wildman–Crippen MR) is 98.8 cm³/mol. The summed E-state index contributed by atoms with van der Waals surface area (Å²) >= 11 is 0.415. The minimum absolute atomic E-state index is 0.215. The van der Waals surface area contributed by atoms with Crippen LogP contribution in [-0.2, 0) is 14.6 Å². The van der Waals surface area contributed by atoms with Crippen molar-refractivity contribution in [3.8, 4) is 5.75 Å². The number of ether oxygens (including phenoxy) is 1. The van der Waals surface area contributed by atoms with Crippen molar-refractivity contribution in [3.63, 3.8) is 0 Å². The highest BCUT2D eigenvalue weighted by atomic mass is 32.2. The number of nitrogens with one attached hydrogen (secondary N) is 1. The molecule has 0 atom stereocenters. The number of carbonyl (C=O) groups excluding carboxylic acids is 2. The largest absolute Gasteiger partial charge is 0.573 e. The molecule has 3 rings (SSSR count). The number of aliphatic hydroxyl groups excluding tert-OH is 1. The highest BCUT2D eigenvalue weighted by Gasteiger charge is 2.49. The van der Waals surface area contributed by atoms with E-state index in [9.17, 15) is 40.7 Å². The van der Waals surface area contributed by atoms with Crippen molar-refractivity contribution in [3.05, 3.63) is 35.6 Å². The quantitative estimate of drug-likeness (QED) is 0.519. The number of benzene rings is 1. The maximum absolute atomic E-state index is 14.3. The van der Waals surface area contributed by atoms with Gasteiger partial charge in [0.2, 0.25) is 15.7 Å². The predicted octanol–water partition coefficient (Wildman–Crippen LogP) is 2.43. The standard InChI is InChI=1S/C17H14F4N2O6S2/c18-10-5-8(29-17(19,20)21)1-2-11(10)31(27,28)12-6-9(13(22)25)14(30-12)23-15(26)16(7-24)3-4-16/h1-2,5-6,24H,3-4,7H2,(H2,22,25)(H,23,26). The normalized spacial score (nSPS) is 15.4. The number of sulfone groups is 1. The number of hydrogen-bond donors (Lipinski definition) is 3. The third-order valence-corrected chi connectivity index (χ3v) is 7.84. The summed E-state index contributed by atoms with van der Waals surface area (Å²) in [6, 6.07) is 2.28. The van der Waals surface area contributed by atoms with Crippen LogP contribution >= 0.6 is 11.3 Å². The molecule has 2 aromatic rings. The zero-order valence-corrected chi connectivity index (χ0v) is 17.0. The van der Waals surface area contributed by atoms with E-state index in [1.807, 2.05) is 0 Å². The van der Waals surface area contributed by atoms with Gasteiger partial charge in [0.1, 0.15) is 25.7 Å². The van der Waals surface area contributed by atoms with Crippen LogP contribution in [-0.4, -0.2) is 38.3 Å². The van der Waals surface area contributed by atoms with E-state index in [-0.39, 0.29) is 16.6 Å². The Kier molecular flexibility index (Phi) is 5.75. The van der Waals surface area contributed by atoms with Gasteiger partial charge in [-0.1, -0.05) is 0 Å². The van der Waals surface area contributed by atoms with Crippen LogP contribution in [0.2, 0.25) is 0 Å². The van der Waals surface area contributed by atoms with E-state index in [1.54, 1.807) is 0 Å². The van der Waals surface area contributed by atoms with Crippen LogP contribution in [0.1, 0.15) is 23.2 Å². The van der Waals surface area contributed by atoms with Gasteiger partial charge in [-0.25, -0.2) is 12.8 Å². The maximum atomic E-state index is 14.3. The van der Waals surface area contributed by atoms with Crippen LogP contribution in [0.5, 0.6) is 5.75 Å². The van der Waals surface area contributed by atoms with E-state index in [4.69, 9.17) is 5.73 Å². The van der Waals surface area contributed by atoms with Gasteiger partial charge in [0.05, 0.1) is 17.6 Å². The van der Waals surface area contributed by atoms with Crippen molar-refractivity contribution >= 4 is 38.0 Å². The first kappa shape index (κ1) is 23.0. The Morgan fingerprint density at radius 2 is 1.90 bits per heavy atom. The second-order valence-electron chi connectivity index (χ2n) is 6.71. The molecule has 1 aliphatic rings. The number of amides is 2. The van der Waals surface area contributed by atoms with E-state index < -0.39 is 60.7 Å². The molecule has 1 heterocycles. The summed E-state index contributed by atoms with van der Waals surface area (Å²) in [4.78, 5) is 23.0. The molecule has 0 saturated heterocycles. The van der Waals surface area contributed by atoms with Crippen molar-refractivity contribution in [2.24, 2.45) is 11.1 Å². The molecule has 0 bridgehead atoms. The van der Waals surface area contributed by atoms with Gasteiger partial charge < -0.3 is 20.9 Å². The Balaban J connectivity index is 1.96. The van der Waals surface area contributed by atoms with E-state index in [0.717, 1.165) is 6.07 Å². The molecule has 8 nitrogen and oxygen atoms in total. The van der Waals surface area contributed by atoms with Crippen LogP contribution < -0.4 is 15.8 Å². The summed E-state index contributed by atoms with van der Waals surface area (Å²) in [5.41, 5.74) is 3.84. The lowest BCUT2D eigenvalue weighted by molar-refractivity contribution is -0.274. The summed E-state index contributed by atoms with van der Waals surface area (Å²) in [5, 5.41) is 11.5. The number of halogens is 4. The summed E-state index contributed by atoms with van der Waals surface area (Å²) in [5.74, 6) is -4.18. The number of thiophene rings is 1. The van der Waals surface area contributed by atoms with Crippen LogP contribution in [0.25, 0.3) is 0 Å². The van der Waals surface area contributed by atoms with Gasteiger partial charge in [0.25, 0.3) is 5.91 Å². The first-order chi connectivity index (χ1) is 14.3. The van der Waals surface area contributed by atoms with Crippen LogP contribution in [0.3, 0.4) is 0 Å². The maximum Gasteiger partial charge on any atom is 0.573 e. The number of rotatable bonds is 7. The Morgan fingerprint density at radius 1 is 1.26 bits per heavy atom. The zero-order chi connectivity index (χ0) is 23.2. The smallest absolute Gasteiger partial charge is 0.406 e. The van der Waals surface area contributed by atoms with Crippen molar-refractivity contribution in [1.29, 1.82) is 0 Å². The number of nitrogens with two attached hydrogens (primary N) is 1. The summed E-state index contributed by atoms with van der Waals surface area (Å²) in [6.45, 7) is -0.446. The lowest BCUT2D eigenvalue weighted by atomic mass is 10.1. The molecule has 31 heavy (non-hydrogen) atoms.